The van der Waals surface area contributed by atoms with Crippen LogP contribution in [0.4, 0.5) is 4.79 Å². The normalized spacial score (nSPS) is 14.8. The average molecular weight is 223 g/mol. The molecular formula is C13H21NO2. The zero-order valence-electron chi connectivity index (χ0n) is 10.2. The molecule has 0 aromatic heterocycles. The van der Waals surface area contributed by atoms with Gasteiger partial charge in [-0.3, -0.25) is 0 Å². The van der Waals surface area contributed by atoms with Gasteiger partial charge in [-0.2, -0.15) is 0 Å². The molecule has 0 saturated heterocycles. The summed E-state index contributed by atoms with van der Waals surface area (Å²) >= 11 is 0. The molecule has 0 radical (unpaired) electrons. The van der Waals surface area contributed by atoms with Gasteiger partial charge in [0.25, 0.3) is 0 Å². The Labute approximate surface area is 97.6 Å². The second-order valence-corrected chi connectivity index (χ2v) is 4.44. The van der Waals surface area contributed by atoms with Crippen LogP contribution in [-0.4, -0.2) is 19.2 Å². The highest BCUT2D eigenvalue weighted by molar-refractivity contribution is 5.67. The minimum atomic E-state index is -0.319. The Hall–Kier alpha value is -1.25. The summed E-state index contributed by atoms with van der Waals surface area (Å²) in [6.45, 7) is 5.32. The highest BCUT2D eigenvalue weighted by Gasteiger charge is 2.04. The fraction of sp³-hybridized carbons (Fsp3) is 0.615. The summed E-state index contributed by atoms with van der Waals surface area (Å²) < 4.78 is 5.09. The van der Waals surface area contributed by atoms with E-state index in [0.717, 1.165) is 24.8 Å². The predicted molar refractivity (Wildman–Crippen MR) is 65.3 cm³/mol. The van der Waals surface area contributed by atoms with Gasteiger partial charge in [0.05, 0.1) is 0 Å². The number of hydrogen-bond acceptors (Lipinski definition) is 2. The van der Waals surface area contributed by atoms with Gasteiger partial charge in [-0.15, -0.1) is 0 Å². The van der Waals surface area contributed by atoms with Crippen LogP contribution in [0.2, 0.25) is 0 Å². The zero-order valence-corrected chi connectivity index (χ0v) is 10.2. The second kappa shape index (κ2) is 7.09. The van der Waals surface area contributed by atoms with Crippen LogP contribution in [0.1, 0.15) is 33.1 Å². The van der Waals surface area contributed by atoms with E-state index in [0.29, 0.717) is 19.1 Å². The Morgan fingerprint density at radius 2 is 2.31 bits per heavy atom. The van der Waals surface area contributed by atoms with Crippen molar-refractivity contribution >= 4 is 6.09 Å². The van der Waals surface area contributed by atoms with E-state index in [9.17, 15) is 4.79 Å². The van der Waals surface area contributed by atoms with Crippen LogP contribution in [0, 0.1) is 5.92 Å². The largest absolute Gasteiger partial charge is 0.445 e. The summed E-state index contributed by atoms with van der Waals surface area (Å²) in [6.07, 6.45) is 9.04. The van der Waals surface area contributed by atoms with Crippen molar-refractivity contribution in [2.24, 2.45) is 5.92 Å². The van der Waals surface area contributed by atoms with Crippen molar-refractivity contribution in [3.05, 3.63) is 23.8 Å². The van der Waals surface area contributed by atoms with Gasteiger partial charge < -0.3 is 10.1 Å². The van der Waals surface area contributed by atoms with E-state index >= 15 is 0 Å². The van der Waals surface area contributed by atoms with Gasteiger partial charge in [-0.25, -0.2) is 4.79 Å². The molecule has 1 amide bonds. The molecule has 90 valence electrons. The van der Waals surface area contributed by atoms with Crippen molar-refractivity contribution in [3.63, 3.8) is 0 Å². The number of rotatable bonds is 5. The number of hydrogen-bond donors (Lipinski definition) is 1. The monoisotopic (exact) mass is 223 g/mol. The highest BCUT2D eigenvalue weighted by Crippen LogP contribution is 2.09. The second-order valence-electron chi connectivity index (χ2n) is 4.44. The highest BCUT2D eigenvalue weighted by atomic mass is 16.5. The van der Waals surface area contributed by atoms with Crippen molar-refractivity contribution < 1.29 is 9.53 Å². The molecule has 0 heterocycles. The maximum atomic E-state index is 11.3. The smallest absolute Gasteiger partial charge is 0.407 e. The molecule has 3 heteroatoms. The number of amides is 1. The van der Waals surface area contributed by atoms with Crippen LogP contribution in [0.5, 0.6) is 0 Å². The van der Waals surface area contributed by atoms with Crippen LogP contribution in [0.15, 0.2) is 23.8 Å². The molecule has 3 nitrogen and oxygen atoms in total. The van der Waals surface area contributed by atoms with Gasteiger partial charge in [0.2, 0.25) is 0 Å². The standard InChI is InChI=1S/C13H21NO2/c1-11(2)8-9-14-13(15)16-10-12-6-4-3-5-7-12/h4,6-7,11H,3,5,8-10H2,1-2H3,(H,14,15). The summed E-state index contributed by atoms with van der Waals surface area (Å²) in [6, 6.07) is 0. The van der Waals surface area contributed by atoms with E-state index < -0.39 is 0 Å². The zero-order chi connectivity index (χ0) is 11.8. The lowest BCUT2D eigenvalue weighted by Gasteiger charge is -2.10. The molecule has 1 rings (SSSR count). The van der Waals surface area contributed by atoms with Crippen molar-refractivity contribution in [2.75, 3.05) is 13.2 Å². The van der Waals surface area contributed by atoms with Crippen LogP contribution in [0.3, 0.4) is 0 Å². The maximum absolute atomic E-state index is 11.3. The van der Waals surface area contributed by atoms with Crippen molar-refractivity contribution in [3.8, 4) is 0 Å². The van der Waals surface area contributed by atoms with Crippen LogP contribution < -0.4 is 5.32 Å². The number of carbonyl (C=O) groups excluding carboxylic acids is 1. The molecule has 1 N–H and O–H groups in total. The first kappa shape index (κ1) is 12.8. The lowest BCUT2D eigenvalue weighted by molar-refractivity contribution is 0.156. The van der Waals surface area contributed by atoms with Crippen LogP contribution >= 0.6 is 0 Å². The Kier molecular flexibility index (Phi) is 5.68. The lowest BCUT2D eigenvalue weighted by atomic mass is 10.1. The van der Waals surface area contributed by atoms with E-state index in [1.54, 1.807) is 0 Å². The Morgan fingerprint density at radius 1 is 1.50 bits per heavy atom. The first-order valence-electron chi connectivity index (χ1n) is 5.94. The lowest BCUT2D eigenvalue weighted by Crippen LogP contribution is -2.26. The maximum Gasteiger partial charge on any atom is 0.407 e. The molecule has 0 atom stereocenters. The quantitative estimate of drug-likeness (QED) is 0.778. The Morgan fingerprint density at radius 3 is 2.94 bits per heavy atom. The number of carbonyl (C=O) groups is 1. The summed E-state index contributed by atoms with van der Waals surface area (Å²) in [5, 5.41) is 2.74. The number of nitrogens with one attached hydrogen (secondary N) is 1. The fourth-order valence-corrected chi connectivity index (χ4v) is 1.44. The molecular weight excluding hydrogens is 202 g/mol. The number of alkyl carbamates (subject to hydrolysis) is 1. The predicted octanol–water partition coefficient (Wildman–Crippen LogP) is 3.04. The molecule has 0 spiro atoms. The van der Waals surface area contributed by atoms with E-state index in [1.165, 1.54) is 0 Å². The Balaban J connectivity index is 2.10. The SMILES string of the molecule is CC(C)CCNC(=O)OCC1=CCCC=C1. The van der Waals surface area contributed by atoms with Gasteiger partial charge in [0.1, 0.15) is 6.61 Å². The minimum absolute atomic E-state index is 0.319. The molecule has 1 aliphatic carbocycles. The van der Waals surface area contributed by atoms with Crippen molar-refractivity contribution in [1.82, 2.24) is 5.32 Å². The fourth-order valence-electron chi connectivity index (χ4n) is 1.44. The van der Waals surface area contributed by atoms with Crippen molar-refractivity contribution in [2.45, 2.75) is 33.1 Å². The molecule has 0 aromatic rings. The molecule has 0 fully saturated rings. The molecule has 0 unspecified atom stereocenters. The third kappa shape index (κ3) is 5.59. The van der Waals surface area contributed by atoms with Gasteiger partial charge in [-0.05, 0) is 30.8 Å². The summed E-state index contributed by atoms with van der Waals surface area (Å²) in [4.78, 5) is 11.3. The number of ether oxygens (including phenoxy) is 1. The van der Waals surface area contributed by atoms with Crippen LogP contribution in [0.25, 0.3) is 0 Å². The Bertz CT molecular complexity index is 280. The topological polar surface area (TPSA) is 38.3 Å². The third-order valence-electron chi connectivity index (χ3n) is 2.43. The van der Waals surface area contributed by atoms with Gasteiger partial charge in [0, 0.05) is 6.54 Å². The van der Waals surface area contributed by atoms with Gasteiger partial charge >= 0.3 is 6.09 Å². The van der Waals surface area contributed by atoms with E-state index in [1.807, 2.05) is 6.08 Å². The van der Waals surface area contributed by atoms with E-state index in [-0.39, 0.29) is 6.09 Å². The van der Waals surface area contributed by atoms with Gasteiger partial charge in [0.15, 0.2) is 0 Å². The molecule has 0 saturated carbocycles. The molecule has 0 aromatic carbocycles. The van der Waals surface area contributed by atoms with Crippen LogP contribution in [-0.2, 0) is 4.74 Å². The average Bonchev–Trinajstić information content (AvgIpc) is 2.27. The number of allylic oxidation sites excluding steroid dienone is 2. The molecule has 1 aliphatic rings. The molecule has 16 heavy (non-hydrogen) atoms. The summed E-state index contributed by atoms with van der Waals surface area (Å²) in [7, 11) is 0. The molecule has 0 aliphatic heterocycles. The van der Waals surface area contributed by atoms with Crippen molar-refractivity contribution in [1.29, 1.82) is 0 Å². The first-order chi connectivity index (χ1) is 7.68. The summed E-state index contributed by atoms with van der Waals surface area (Å²) in [5.74, 6) is 0.601. The van der Waals surface area contributed by atoms with E-state index in [4.69, 9.17) is 4.74 Å². The van der Waals surface area contributed by atoms with Gasteiger partial charge in [-0.1, -0.05) is 32.1 Å². The third-order valence-corrected chi connectivity index (χ3v) is 2.43. The first-order valence-corrected chi connectivity index (χ1v) is 5.94. The van der Waals surface area contributed by atoms with E-state index in [2.05, 4.69) is 31.3 Å². The minimum Gasteiger partial charge on any atom is -0.445 e. The summed E-state index contributed by atoms with van der Waals surface area (Å²) in [5.41, 5.74) is 1.09. The molecule has 0 bridgehead atoms.